The van der Waals surface area contributed by atoms with Gasteiger partial charge in [0.1, 0.15) is 29.9 Å². The van der Waals surface area contributed by atoms with Gasteiger partial charge in [-0.3, -0.25) is 4.79 Å². The maximum atomic E-state index is 14.6. The molecular weight excluding hydrogens is 745 g/mol. The largest absolute Gasteiger partial charge is 0.459 e. The first-order chi connectivity index (χ1) is 27.8. The summed E-state index contributed by atoms with van der Waals surface area (Å²) >= 11 is 1.68. The molecule has 2 heterocycles. The van der Waals surface area contributed by atoms with Crippen molar-refractivity contribution >= 4 is 23.4 Å². The molecule has 2 aliphatic carbocycles. The molecule has 4 aliphatic rings. The summed E-state index contributed by atoms with van der Waals surface area (Å²) in [4.78, 5) is 23.3. The fourth-order valence-corrected chi connectivity index (χ4v) is 9.50. The Balaban J connectivity index is 1.40. The van der Waals surface area contributed by atoms with Gasteiger partial charge in [0.2, 0.25) is 12.6 Å². The average molecular weight is 799 g/mol. The molecule has 57 heavy (non-hydrogen) atoms. The maximum Gasteiger partial charge on any atom is 0.254 e. The molecular formula is C45H54N2O9S. The lowest BCUT2D eigenvalue weighted by Crippen LogP contribution is -2.69. The summed E-state index contributed by atoms with van der Waals surface area (Å²) in [6.45, 7) is 6.80. The fourth-order valence-electron chi connectivity index (χ4n) is 9.09. The van der Waals surface area contributed by atoms with E-state index < -0.39 is 17.7 Å². The summed E-state index contributed by atoms with van der Waals surface area (Å²) in [5.74, 6) is 1.22. The van der Waals surface area contributed by atoms with E-state index in [1.165, 1.54) is 0 Å². The first kappa shape index (κ1) is 40.7. The number of unbranched alkanes of at least 4 members (excludes halogenated alkanes) is 2. The lowest BCUT2D eigenvalue weighted by atomic mass is 9.55. The minimum Gasteiger partial charge on any atom is -0.459 e. The van der Waals surface area contributed by atoms with Gasteiger partial charge < -0.3 is 43.6 Å². The number of carbonyl (C=O) groups excluding carboxylic acids is 1. The van der Waals surface area contributed by atoms with E-state index in [9.17, 15) is 15.0 Å². The third-order valence-corrected chi connectivity index (χ3v) is 12.4. The van der Waals surface area contributed by atoms with Gasteiger partial charge in [-0.05, 0) is 117 Å². The Hall–Kier alpha value is -4.49. The number of ether oxygens (including phenoxy) is 5. The van der Waals surface area contributed by atoms with Gasteiger partial charge in [-0.25, -0.2) is 0 Å². The van der Waals surface area contributed by atoms with E-state index in [4.69, 9.17) is 33.7 Å². The van der Waals surface area contributed by atoms with Crippen LogP contribution in [0.1, 0.15) is 73.7 Å². The van der Waals surface area contributed by atoms with Crippen LogP contribution in [0.4, 0.5) is 0 Å². The van der Waals surface area contributed by atoms with E-state index in [2.05, 4.69) is 18.7 Å². The van der Waals surface area contributed by atoms with Crippen molar-refractivity contribution in [2.75, 3.05) is 46.5 Å². The first-order valence-electron chi connectivity index (χ1n) is 20.0. The van der Waals surface area contributed by atoms with E-state index in [0.717, 1.165) is 53.2 Å². The summed E-state index contributed by atoms with van der Waals surface area (Å²) in [7, 11) is 1.79. The quantitative estimate of drug-likeness (QED) is 0.0561. The van der Waals surface area contributed by atoms with Crippen LogP contribution in [0.3, 0.4) is 0 Å². The summed E-state index contributed by atoms with van der Waals surface area (Å²) in [5, 5.41) is 24.5. The Kier molecular flexibility index (Phi) is 13.1. The Labute approximate surface area is 339 Å². The minimum atomic E-state index is -1.36. The van der Waals surface area contributed by atoms with Crippen LogP contribution in [0.15, 0.2) is 95.0 Å². The molecule has 0 saturated heterocycles. The summed E-state index contributed by atoms with van der Waals surface area (Å²) in [6.07, 6.45) is 11.1. The van der Waals surface area contributed by atoms with Crippen molar-refractivity contribution in [2.45, 2.75) is 74.5 Å². The zero-order valence-corrected chi connectivity index (χ0v) is 33.9. The van der Waals surface area contributed by atoms with E-state index in [-0.39, 0.29) is 50.3 Å². The van der Waals surface area contributed by atoms with Gasteiger partial charge in [-0.2, -0.15) is 0 Å². The Morgan fingerprint density at radius 3 is 2.46 bits per heavy atom. The van der Waals surface area contributed by atoms with E-state index >= 15 is 0 Å². The van der Waals surface area contributed by atoms with E-state index in [1.807, 2.05) is 49.6 Å². The van der Waals surface area contributed by atoms with Crippen LogP contribution < -0.4 is 18.9 Å². The second-order valence-electron chi connectivity index (χ2n) is 15.0. The number of hydrogen-bond donors (Lipinski definition) is 2. The molecule has 2 aliphatic heterocycles. The van der Waals surface area contributed by atoms with Crippen LogP contribution in [0.5, 0.6) is 28.7 Å². The average Bonchev–Trinajstić information content (AvgIpc) is 3.71. The second kappa shape index (κ2) is 18.4. The smallest absolute Gasteiger partial charge is 0.254 e. The van der Waals surface area contributed by atoms with Gasteiger partial charge in [0.25, 0.3) is 5.91 Å². The normalized spacial score (nSPS) is 24.8. The molecule has 0 aromatic heterocycles. The van der Waals surface area contributed by atoms with Crippen molar-refractivity contribution in [2.24, 2.45) is 22.9 Å². The van der Waals surface area contributed by atoms with Crippen LogP contribution in [0.2, 0.25) is 0 Å². The number of likely N-dealkylation sites (N-methyl/N-ethyl adjacent to an activating group) is 1. The summed E-state index contributed by atoms with van der Waals surface area (Å²) < 4.78 is 31.9. The molecule has 1 fully saturated rings. The highest BCUT2D eigenvalue weighted by Crippen LogP contribution is 2.62. The summed E-state index contributed by atoms with van der Waals surface area (Å²) in [5.41, 5.74) is 3.16. The van der Waals surface area contributed by atoms with Gasteiger partial charge in [-0.15, -0.1) is 18.3 Å². The van der Waals surface area contributed by atoms with E-state index in [1.54, 1.807) is 48.0 Å². The lowest BCUT2D eigenvalue weighted by molar-refractivity contribution is -0.252. The maximum absolute atomic E-state index is 14.6. The number of aliphatic hydroxyl groups is 2. The van der Waals surface area contributed by atoms with Crippen LogP contribution in [-0.4, -0.2) is 85.1 Å². The number of fused-ring (bicyclic) bond motifs is 3. The van der Waals surface area contributed by atoms with Crippen LogP contribution in [-0.2, 0) is 9.57 Å². The number of nitrogens with zero attached hydrogens (tertiary/aromatic N) is 2. The van der Waals surface area contributed by atoms with Crippen molar-refractivity contribution in [3.05, 3.63) is 96.1 Å². The minimum absolute atomic E-state index is 0.0939. The van der Waals surface area contributed by atoms with Crippen LogP contribution in [0.25, 0.3) is 0 Å². The number of aliphatic hydroxyl groups excluding tert-OH is 2. The number of amides is 1. The molecule has 11 nitrogen and oxygen atoms in total. The monoisotopic (exact) mass is 798 g/mol. The number of hydrogen-bond acceptors (Lipinski definition) is 11. The van der Waals surface area contributed by atoms with Crippen LogP contribution >= 0.6 is 11.8 Å². The van der Waals surface area contributed by atoms with E-state index in [0.29, 0.717) is 54.4 Å². The number of allylic oxidation sites excluding steroid dienone is 1. The van der Waals surface area contributed by atoms with Gasteiger partial charge in [0, 0.05) is 48.6 Å². The summed E-state index contributed by atoms with van der Waals surface area (Å²) in [6, 6.07) is 18.6. The topological polar surface area (TPSA) is 129 Å². The van der Waals surface area contributed by atoms with Gasteiger partial charge >= 0.3 is 0 Å². The molecule has 1 amide bonds. The molecule has 0 bridgehead atoms. The Morgan fingerprint density at radius 2 is 1.72 bits per heavy atom. The highest BCUT2D eigenvalue weighted by Gasteiger charge is 2.65. The molecule has 12 heteroatoms. The van der Waals surface area contributed by atoms with Gasteiger partial charge in [0.05, 0.1) is 18.2 Å². The number of benzene rings is 3. The highest BCUT2D eigenvalue weighted by molar-refractivity contribution is 7.98. The van der Waals surface area contributed by atoms with Crippen molar-refractivity contribution in [3.63, 3.8) is 0 Å². The van der Waals surface area contributed by atoms with Crippen LogP contribution in [0, 0.1) is 17.8 Å². The molecule has 1 saturated carbocycles. The Morgan fingerprint density at radius 1 is 0.982 bits per heavy atom. The predicted molar refractivity (Wildman–Crippen MR) is 220 cm³/mol. The van der Waals surface area contributed by atoms with Crippen molar-refractivity contribution in [3.8, 4) is 28.7 Å². The number of thioether (sulfide) groups is 1. The zero-order valence-electron chi connectivity index (χ0n) is 33.1. The third-order valence-electron chi connectivity index (χ3n) is 11.7. The van der Waals surface area contributed by atoms with Gasteiger partial charge in [-0.1, -0.05) is 30.1 Å². The molecule has 7 rings (SSSR count). The fraction of sp³-hybridized carbons (Fsp3) is 0.467. The third kappa shape index (κ3) is 8.28. The lowest BCUT2D eigenvalue weighted by Gasteiger charge is -2.59. The molecule has 2 N–H and O–H groups in total. The molecule has 0 spiro atoms. The Bertz CT molecular complexity index is 1950. The SMILES string of the molecule is C=CCOC12Oc3ccc(Oc4ccc(SC)cc4)cc3C3C(CCCCO)C(CCCCO)C=C(C(=NOCC)CC1N(C)C(=O)c1ccc4c(c1)OCO4)C32. The zero-order chi connectivity index (χ0) is 39.9. The van der Waals surface area contributed by atoms with Crippen molar-refractivity contribution < 1.29 is 43.5 Å². The molecule has 3 aromatic carbocycles. The molecule has 304 valence electrons. The molecule has 3 aromatic rings. The molecule has 6 unspecified atom stereocenters. The van der Waals surface area contributed by atoms with Crippen molar-refractivity contribution in [1.29, 1.82) is 0 Å². The number of rotatable bonds is 18. The highest BCUT2D eigenvalue weighted by atomic mass is 32.2. The van der Waals surface area contributed by atoms with Gasteiger partial charge in [0.15, 0.2) is 11.5 Å². The van der Waals surface area contributed by atoms with Crippen molar-refractivity contribution in [1.82, 2.24) is 4.90 Å². The second-order valence-corrected chi connectivity index (χ2v) is 15.8. The standard InChI is InChI=1S/C45H54N2O9S/c1-5-23-53-45-41(47(3)44(50)30-13-19-39-40(25-30)52-28-51-39)27-37(46-54-6-2)35-24-29(11-7-9-21-48)34(12-8-10-22-49)42(43(35)45)36-26-32(16-20-38(36)56-45)55-31-14-17-33(57-4)18-15-31/h5,13-20,24-26,29,34,41-43,48-49H,1,6-12,21-23,27-28H2,2-4H3. The molecule has 6 atom stereocenters. The predicted octanol–water partition coefficient (Wildman–Crippen LogP) is 8.36. The number of oxime groups is 1. The molecule has 0 radical (unpaired) electrons. The number of carbonyl (C=O) groups is 1. The first-order valence-corrected chi connectivity index (χ1v) is 21.3.